The van der Waals surface area contributed by atoms with Gasteiger partial charge in [-0.1, -0.05) is 48.5 Å². The molecule has 4 nitrogen and oxygen atoms in total. The highest BCUT2D eigenvalue weighted by Gasteiger charge is 2.28. The Labute approximate surface area is 136 Å². The van der Waals surface area contributed by atoms with E-state index in [1.54, 1.807) is 38.1 Å². The fourth-order valence-electron chi connectivity index (χ4n) is 2.46. The van der Waals surface area contributed by atoms with Crippen molar-refractivity contribution in [2.24, 2.45) is 0 Å². The molecule has 0 heterocycles. The maximum absolute atomic E-state index is 12.5. The Hall–Kier alpha value is -2.62. The van der Waals surface area contributed by atoms with Gasteiger partial charge in [0.2, 0.25) is 0 Å². The summed E-state index contributed by atoms with van der Waals surface area (Å²) in [5, 5.41) is 0. The summed E-state index contributed by atoms with van der Waals surface area (Å²) in [5.41, 5.74) is 1.76. The number of hydrogen-bond acceptors (Lipinski definition) is 4. The minimum atomic E-state index is -0.656. The summed E-state index contributed by atoms with van der Waals surface area (Å²) in [6.45, 7) is 4.07. The van der Waals surface area contributed by atoms with Crippen molar-refractivity contribution in [1.29, 1.82) is 0 Å². The van der Waals surface area contributed by atoms with E-state index in [-0.39, 0.29) is 19.2 Å². The second-order valence-electron chi connectivity index (χ2n) is 4.90. The van der Waals surface area contributed by atoms with Crippen LogP contribution in [0.3, 0.4) is 0 Å². The minimum absolute atomic E-state index is 0.280. The Kier molecular flexibility index (Phi) is 5.92. The van der Waals surface area contributed by atoms with Gasteiger partial charge in [0, 0.05) is 0 Å². The first-order chi connectivity index (χ1) is 11.2. The van der Waals surface area contributed by atoms with Gasteiger partial charge in [-0.05, 0) is 31.0 Å². The lowest BCUT2D eigenvalue weighted by Gasteiger charge is -2.19. The van der Waals surface area contributed by atoms with Crippen molar-refractivity contribution < 1.29 is 19.1 Å². The summed E-state index contributed by atoms with van der Waals surface area (Å²) >= 11 is 0. The van der Waals surface area contributed by atoms with Crippen LogP contribution >= 0.6 is 0 Å². The van der Waals surface area contributed by atoms with Crippen LogP contribution in [0.15, 0.2) is 54.6 Å². The third-order valence-corrected chi connectivity index (χ3v) is 3.42. The normalized spacial score (nSPS) is 11.6. The summed E-state index contributed by atoms with van der Waals surface area (Å²) in [7, 11) is 0. The first-order valence-electron chi connectivity index (χ1n) is 7.66. The summed E-state index contributed by atoms with van der Waals surface area (Å²) in [5.74, 6) is -1.47. The van der Waals surface area contributed by atoms with E-state index >= 15 is 0 Å². The molecule has 0 N–H and O–H groups in total. The van der Waals surface area contributed by atoms with Gasteiger partial charge < -0.3 is 9.47 Å². The molecule has 4 heteroatoms. The second-order valence-corrected chi connectivity index (χ2v) is 4.90. The Morgan fingerprint density at radius 3 is 2.13 bits per heavy atom. The lowest BCUT2D eigenvalue weighted by atomic mass is 9.88. The van der Waals surface area contributed by atoms with Crippen molar-refractivity contribution in [3.63, 3.8) is 0 Å². The van der Waals surface area contributed by atoms with E-state index in [1.807, 2.05) is 30.3 Å². The smallest absolute Gasteiger partial charge is 0.338 e. The predicted octanol–water partition coefficient (Wildman–Crippen LogP) is 3.56. The topological polar surface area (TPSA) is 52.6 Å². The molecular formula is C19H20O4. The molecule has 0 spiro atoms. The Balaban J connectivity index is 2.52. The molecule has 0 bridgehead atoms. The Morgan fingerprint density at radius 1 is 0.870 bits per heavy atom. The van der Waals surface area contributed by atoms with E-state index in [4.69, 9.17) is 9.47 Å². The van der Waals surface area contributed by atoms with E-state index in [1.165, 1.54) is 0 Å². The van der Waals surface area contributed by atoms with Crippen LogP contribution in [0.4, 0.5) is 0 Å². The highest BCUT2D eigenvalue weighted by molar-refractivity contribution is 5.94. The van der Waals surface area contributed by atoms with Crippen molar-refractivity contribution in [1.82, 2.24) is 0 Å². The van der Waals surface area contributed by atoms with Gasteiger partial charge in [0.15, 0.2) is 0 Å². The lowest BCUT2D eigenvalue weighted by molar-refractivity contribution is -0.143. The maximum Gasteiger partial charge on any atom is 0.338 e. The largest absolute Gasteiger partial charge is 0.465 e. The van der Waals surface area contributed by atoms with Crippen molar-refractivity contribution in [2.75, 3.05) is 13.2 Å². The highest BCUT2D eigenvalue weighted by atomic mass is 16.5. The van der Waals surface area contributed by atoms with E-state index in [9.17, 15) is 9.59 Å². The van der Waals surface area contributed by atoms with Crippen molar-refractivity contribution in [3.8, 4) is 0 Å². The van der Waals surface area contributed by atoms with Crippen LogP contribution in [0.1, 0.15) is 41.3 Å². The minimum Gasteiger partial charge on any atom is -0.465 e. The molecular weight excluding hydrogens is 292 g/mol. The van der Waals surface area contributed by atoms with Crippen LogP contribution in [0, 0.1) is 0 Å². The second kappa shape index (κ2) is 8.13. The summed E-state index contributed by atoms with van der Waals surface area (Å²) in [6.07, 6.45) is 0. The number of rotatable bonds is 6. The molecule has 0 radical (unpaired) electrons. The summed E-state index contributed by atoms with van der Waals surface area (Å²) in [6, 6.07) is 16.3. The zero-order valence-corrected chi connectivity index (χ0v) is 13.3. The molecule has 0 aliphatic heterocycles. The van der Waals surface area contributed by atoms with Crippen LogP contribution in [-0.4, -0.2) is 25.2 Å². The van der Waals surface area contributed by atoms with Gasteiger partial charge >= 0.3 is 11.9 Å². The van der Waals surface area contributed by atoms with Crippen LogP contribution in [0.2, 0.25) is 0 Å². The molecule has 1 unspecified atom stereocenters. The van der Waals surface area contributed by atoms with E-state index < -0.39 is 11.9 Å². The third-order valence-electron chi connectivity index (χ3n) is 3.42. The van der Waals surface area contributed by atoms with E-state index in [2.05, 4.69) is 0 Å². The molecule has 23 heavy (non-hydrogen) atoms. The number of hydrogen-bond donors (Lipinski definition) is 0. The van der Waals surface area contributed by atoms with Crippen LogP contribution in [0.25, 0.3) is 0 Å². The third kappa shape index (κ3) is 3.97. The number of ether oxygens (including phenoxy) is 2. The quantitative estimate of drug-likeness (QED) is 0.765. The predicted molar refractivity (Wildman–Crippen MR) is 87.3 cm³/mol. The SMILES string of the molecule is CCOC(=O)c1ccccc1C(C(=O)OCC)c1ccccc1. The van der Waals surface area contributed by atoms with E-state index in [0.29, 0.717) is 11.1 Å². The summed E-state index contributed by atoms with van der Waals surface area (Å²) in [4.78, 5) is 24.7. The van der Waals surface area contributed by atoms with Crippen molar-refractivity contribution >= 4 is 11.9 Å². The monoisotopic (exact) mass is 312 g/mol. The van der Waals surface area contributed by atoms with Crippen molar-refractivity contribution in [3.05, 3.63) is 71.3 Å². The van der Waals surface area contributed by atoms with E-state index in [0.717, 1.165) is 5.56 Å². The average molecular weight is 312 g/mol. The van der Waals surface area contributed by atoms with Gasteiger partial charge in [0.25, 0.3) is 0 Å². The number of carbonyl (C=O) groups excluding carboxylic acids is 2. The molecule has 0 fully saturated rings. The fourth-order valence-corrected chi connectivity index (χ4v) is 2.46. The number of benzene rings is 2. The molecule has 0 amide bonds. The van der Waals surface area contributed by atoms with Crippen molar-refractivity contribution in [2.45, 2.75) is 19.8 Å². The first-order valence-corrected chi connectivity index (χ1v) is 7.66. The standard InChI is InChI=1S/C19H20O4/c1-3-22-18(20)16-13-9-8-12-15(16)17(19(21)23-4-2)14-10-6-5-7-11-14/h5-13,17H,3-4H2,1-2H3. The molecule has 2 aromatic rings. The summed E-state index contributed by atoms with van der Waals surface area (Å²) < 4.78 is 10.3. The molecule has 0 aliphatic carbocycles. The van der Waals surface area contributed by atoms with Gasteiger partial charge in [0.05, 0.1) is 18.8 Å². The number of esters is 2. The average Bonchev–Trinajstić information content (AvgIpc) is 2.57. The number of carbonyl (C=O) groups is 2. The zero-order chi connectivity index (χ0) is 16.7. The van der Waals surface area contributed by atoms with Crippen LogP contribution in [-0.2, 0) is 14.3 Å². The van der Waals surface area contributed by atoms with Gasteiger partial charge in [-0.3, -0.25) is 4.79 Å². The van der Waals surface area contributed by atoms with Crippen LogP contribution in [0.5, 0.6) is 0 Å². The van der Waals surface area contributed by atoms with Gasteiger partial charge in [0.1, 0.15) is 5.92 Å². The highest BCUT2D eigenvalue weighted by Crippen LogP contribution is 2.29. The Morgan fingerprint density at radius 2 is 1.48 bits per heavy atom. The molecule has 0 aromatic heterocycles. The molecule has 0 saturated carbocycles. The maximum atomic E-state index is 12.5. The van der Waals surface area contributed by atoms with Gasteiger partial charge in [-0.2, -0.15) is 0 Å². The lowest BCUT2D eigenvalue weighted by Crippen LogP contribution is -2.20. The molecule has 2 aromatic carbocycles. The molecule has 0 aliphatic rings. The molecule has 120 valence electrons. The van der Waals surface area contributed by atoms with Crippen LogP contribution < -0.4 is 0 Å². The van der Waals surface area contributed by atoms with Gasteiger partial charge in [-0.15, -0.1) is 0 Å². The zero-order valence-electron chi connectivity index (χ0n) is 13.3. The molecule has 1 atom stereocenters. The van der Waals surface area contributed by atoms with Gasteiger partial charge in [-0.25, -0.2) is 4.79 Å². The molecule has 0 saturated heterocycles. The first kappa shape index (κ1) is 16.7. The molecule has 2 rings (SSSR count). The fraction of sp³-hybridized carbons (Fsp3) is 0.263. The Bertz CT molecular complexity index is 664.